The normalized spacial score (nSPS) is 14.7. The molecule has 11 heteroatoms. The molecule has 0 rings (SSSR count). The Morgan fingerprint density at radius 2 is 1.36 bits per heavy atom. The van der Waals surface area contributed by atoms with Gasteiger partial charge in [-0.2, -0.15) is 26.3 Å². The Morgan fingerprint density at radius 1 is 0.955 bits per heavy atom. The second kappa shape index (κ2) is 7.51. The van der Waals surface area contributed by atoms with Crippen molar-refractivity contribution >= 4 is 7.75 Å². The predicted molar refractivity (Wildman–Crippen MR) is 68.0 cm³/mol. The van der Waals surface area contributed by atoms with E-state index < -0.39 is 44.9 Å². The van der Waals surface area contributed by atoms with Gasteiger partial charge >= 0.3 is 20.1 Å². The van der Waals surface area contributed by atoms with Crippen LogP contribution in [0, 0.1) is 0 Å². The molecule has 0 aliphatic rings. The summed E-state index contributed by atoms with van der Waals surface area (Å²) in [5, 5.41) is 0. The summed E-state index contributed by atoms with van der Waals surface area (Å²) in [6.45, 7) is 1.71. The summed E-state index contributed by atoms with van der Waals surface area (Å²) in [5.74, 6) is 0. The van der Waals surface area contributed by atoms with Crippen LogP contribution in [0.4, 0.5) is 26.3 Å². The number of rotatable bonds is 8. The van der Waals surface area contributed by atoms with Crippen LogP contribution in [0.15, 0.2) is 0 Å². The minimum absolute atomic E-state index is 0.00694. The van der Waals surface area contributed by atoms with Gasteiger partial charge in [0.05, 0.1) is 12.8 Å². The molecule has 0 aliphatic heterocycles. The molecule has 0 bridgehead atoms. The van der Waals surface area contributed by atoms with Crippen molar-refractivity contribution in [1.82, 2.24) is 4.67 Å². The average Bonchev–Trinajstić information content (AvgIpc) is 2.22. The molecule has 0 amide bonds. The lowest BCUT2D eigenvalue weighted by molar-refractivity contribution is -0.193. The van der Waals surface area contributed by atoms with Gasteiger partial charge < -0.3 is 9.79 Å². The van der Waals surface area contributed by atoms with E-state index in [4.69, 9.17) is 9.79 Å². The molecule has 0 radical (unpaired) electrons. The van der Waals surface area contributed by atoms with Gasteiger partial charge in [-0.15, -0.1) is 0 Å². The molecule has 22 heavy (non-hydrogen) atoms. The first-order valence-corrected chi connectivity index (χ1v) is 8.13. The van der Waals surface area contributed by atoms with E-state index in [9.17, 15) is 30.9 Å². The summed E-state index contributed by atoms with van der Waals surface area (Å²) in [5.41, 5.74) is -2.72. The van der Waals surface area contributed by atoms with Gasteiger partial charge in [0.1, 0.15) is 0 Å². The third kappa shape index (κ3) is 7.80. The molecule has 0 aliphatic carbocycles. The largest absolute Gasteiger partial charge is 0.403 e. The fourth-order valence-corrected chi connectivity index (χ4v) is 3.15. The topological polar surface area (TPSA) is 60.8 Å². The summed E-state index contributed by atoms with van der Waals surface area (Å²) in [6.07, 6.45) is -13.5. The Balaban J connectivity index is 5.73. The molecule has 0 saturated heterocycles. The van der Waals surface area contributed by atoms with E-state index in [0.717, 1.165) is 0 Å². The molecule has 134 valence electrons. The molecule has 0 saturated carbocycles. The SMILES string of the molecule is CCCCCC(CC(F)(F)F)(CC(F)(F)F)N(C)P(=O)(O)O. The molecule has 0 spiro atoms. The molecule has 0 unspecified atom stereocenters. The van der Waals surface area contributed by atoms with Crippen LogP contribution in [0.2, 0.25) is 0 Å². The van der Waals surface area contributed by atoms with Crippen molar-refractivity contribution < 1.29 is 40.7 Å². The summed E-state index contributed by atoms with van der Waals surface area (Å²) < 4.78 is 87.6. The maximum atomic E-state index is 12.7. The van der Waals surface area contributed by atoms with Crippen molar-refractivity contribution in [2.45, 2.75) is 63.3 Å². The first-order chi connectivity index (χ1) is 9.63. The van der Waals surface area contributed by atoms with E-state index in [0.29, 0.717) is 19.9 Å². The Bertz CT molecular complexity index is 376. The smallest absolute Gasteiger partial charge is 0.312 e. The lowest BCUT2D eigenvalue weighted by atomic mass is 9.85. The van der Waals surface area contributed by atoms with E-state index in [1.165, 1.54) is 0 Å². The highest BCUT2D eigenvalue weighted by atomic mass is 31.2. The maximum Gasteiger partial charge on any atom is 0.403 e. The third-order valence-electron chi connectivity index (χ3n) is 3.38. The number of hydrogen-bond acceptors (Lipinski definition) is 1. The zero-order valence-corrected chi connectivity index (χ0v) is 13.1. The number of alkyl halides is 6. The number of nitrogens with zero attached hydrogens (tertiary/aromatic N) is 1. The molecule has 4 nitrogen and oxygen atoms in total. The molecule has 0 aromatic rings. The molecule has 0 atom stereocenters. The highest BCUT2D eigenvalue weighted by Crippen LogP contribution is 2.52. The highest BCUT2D eigenvalue weighted by Gasteiger charge is 2.54. The van der Waals surface area contributed by atoms with Crippen molar-refractivity contribution in [3.05, 3.63) is 0 Å². The van der Waals surface area contributed by atoms with Crippen molar-refractivity contribution in [1.29, 1.82) is 0 Å². The summed E-state index contributed by atoms with van der Waals surface area (Å²) in [4.78, 5) is 18.1. The van der Waals surface area contributed by atoms with Crippen molar-refractivity contribution in [3.8, 4) is 0 Å². The van der Waals surface area contributed by atoms with E-state index in [1.807, 2.05) is 0 Å². The quantitative estimate of drug-likeness (QED) is 0.387. The fourth-order valence-electron chi connectivity index (χ4n) is 2.36. The predicted octanol–water partition coefficient (Wildman–Crippen LogP) is 4.23. The second-order valence-corrected chi connectivity index (χ2v) is 6.93. The third-order valence-corrected chi connectivity index (χ3v) is 4.59. The summed E-state index contributed by atoms with van der Waals surface area (Å²) >= 11 is 0. The monoisotopic (exact) mass is 359 g/mol. The Hall–Kier alpha value is -0.310. The van der Waals surface area contributed by atoms with E-state index in [2.05, 4.69) is 0 Å². The van der Waals surface area contributed by atoms with Gasteiger partial charge in [-0.1, -0.05) is 26.2 Å². The van der Waals surface area contributed by atoms with Crippen molar-refractivity contribution in [3.63, 3.8) is 0 Å². The molecular formula is C11H20F6NO3P. The first kappa shape index (κ1) is 21.7. The number of halogens is 6. The Labute approximate surface area is 124 Å². The fraction of sp³-hybridized carbons (Fsp3) is 1.00. The minimum Gasteiger partial charge on any atom is -0.312 e. The van der Waals surface area contributed by atoms with E-state index in [1.54, 1.807) is 6.92 Å². The zero-order chi connectivity index (χ0) is 17.8. The average molecular weight is 359 g/mol. The van der Waals surface area contributed by atoms with Crippen LogP contribution >= 0.6 is 7.75 Å². The first-order valence-electron chi connectivity index (χ1n) is 6.56. The second-order valence-electron chi connectivity index (χ2n) is 5.30. The molecule has 2 N–H and O–H groups in total. The van der Waals surface area contributed by atoms with Crippen LogP contribution in [0.25, 0.3) is 0 Å². The molecule has 0 aromatic heterocycles. The standard InChI is InChI=1S/C11H20F6NO3P/c1-3-4-5-6-9(7-10(12,13)14,8-11(15,16)17)18(2)22(19,20)21/h3-8H2,1-2H3,(H2,19,20,21). The van der Waals surface area contributed by atoms with Gasteiger partial charge in [0.25, 0.3) is 0 Å². The number of hydrogen-bond donors (Lipinski definition) is 2. The maximum absolute atomic E-state index is 12.7. The molecular weight excluding hydrogens is 339 g/mol. The van der Waals surface area contributed by atoms with Crippen LogP contribution in [-0.4, -0.2) is 39.4 Å². The van der Waals surface area contributed by atoms with Crippen LogP contribution in [0.1, 0.15) is 45.4 Å². The minimum atomic E-state index is -5.27. The lowest BCUT2D eigenvalue weighted by Crippen LogP contribution is -2.50. The molecule has 0 heterocycles. The van der Waals surface area contributed by atoms with E-state index >= 15 is 0 Å². The Kier molecular flexibility index (Phi) is 7.40. The van der Waals surface area contributed by atoms with Crippen molar-refractivity contribution in [2.75, 3.05) is 7.05 Å². The highest BCUT2D eigenvalue weighted by molar-refractivity contribution is 7.49. The van der Waals surface area contributed by atoms with Gasteiger partial charge in [0.15, 0.2) is 0 Å². The molecule has 0 fully saturated rings. The van der Waals surface area contributed by atoms with Crippen molar-refractivity contribution in [2.24, 2.45) is 0 Å². The summed E-state index contributed by atoms with van der Waals surface area (Å²) in [7, 11) is -4.66. The van der Waals surface area contributed by atoms with Gasteiger partial charge in [-0.3, -0.25) is 0 Å². The van der Waals surface area contributed by atoms with Crippen LogP contribution in [-0.2, 0) is 4.57 Å². The number of unbranched alkanes of at least 4 members (excludes halogenated alkanes) is 2. The van der Waals surface area contributed by atoms with Gasteiger partial charge in [-0.25, -0.2) is 9.24 Å². The van der Waals surface area contributed by atoms with Crippen LogP contribution in [0.5, 0.6) is 0 Å². The summed E-state index contributed by atoms with van der Waals surface area (Å²) in [6, 6.07) is 0. The van der Waals surface area contributed by atoms with Gasteiger partial charge in [0, 0.05) is 5.54 Å². The Morgan fingerprint density at radius 3 is 1.64 bits per heavy atom. The van der Waals surface area contributed by atoms with Crippen LogP contribution < -0.4 is 0 Å². The van der Waals surface area contributed by atoms with Gasteiger partial charge in [-0.05, 0) is 13.5 Å². The van der Waals surface area contributed by atoms with E-state index in [-0.39, 0.29) is 11.1 Å². The van der Waals surface area contributed by atoms with Crippen LogP contribution in [0.3, 0.4) is 0 Å². The molecule has 0 aromatic carbocycles. The lowest BCUT2D eigenvalue weighted by Gasteiger charge is -2.42. The van der Waals surface area contributed by atoms with Gasteiger partial charge in [0.2, 0.25) is 0 Å². The zero-order valence-electron chi connectivity index (χ0n) is 12.2.